The van der Waals surface area contributed by atoms with Crippen LogP contribution in [0, 0.1) is 0 Å². The second kappa shape index (κ2) is 6.36. The predicted molar refractivity (Wildman–Crippen MR) is 68.4 cm³/mol. The molecule has 1 atom stereocenters. The molecule has 0 saturated heterocycles. The standard InChI is InChI=1S/C13H19ClO3/c1-10(17-2)7-13(8-15,9-16)11-4-3-5-12(14)6-11/h3-6,10,15-16H,7-9H2,1-2H3. The van der Waals surface area contributed by atoms with Crippen molar-refractivity contribution in [3.8, 4) is 0 Å². The van der Waals surface area contributed by atoms with Crippen LogP contribution >= 0.6 is 11.6 Å². The fourth-order valence-corrected chi connectivity index (χ4v) is 2.12. The van der Waals surface area contributed by atoms with Crippen LogP contribution in [0.5, 0.6) is 0 Å². The van der Waals surface area contributed by atoms with Crippen LogP contribution in [0.15, 0.2) is 24.3 Å². The number of aliphatic hydroxyl groups is 2. The molecule has 1 aromatic carbocycles. The predicted octanol–water partition coefficient (Wildman–Crippen LogP) is 1.99. The van der Waals surface area contributed by atoms with Crippen molar-refractivity contribution in [1.82, 2.24) is 0 Å². The second-order valence-electron chi connectivity index (χ2n) is 4.36. The minimum Gasteiger partial charge on any atom is -0.395 e. The summed E-state index contributed by atoms with van der Waals surface area (Å²) >= 11 is 5.94. The van der Waals surface area contributed by atoms with E-state index >= 15 is 0 Å². The fourth-order valence-electron chi connectivity index (χ4n) is 1.93. The van der Waals surface area contributed by atoms with Gasteiger partial charge in [-0.15, -0.1) is 0 Å². The van der Waals surface area contributed by atoms with Gasteiger partial charge in [0.15, 0.2) is 0 Å². The van der Waals surface area contributed by atoms with Crippen LogP contribution in [0.25, 0.3) is 0 Å². The summed E-state index contributed by atoms with van der Waals surface area (Å²) in [5.74, 6) is 0. The number of methoxy groups -OCH3 is 1. The monoisotopic (exact) mass is 258 g/mol. The Kier molecular flexibility index (Phi) is 5.40. The van der Waals surface area contributed by atoms with Gasteiger partial charge in [0.2, 0.25) is 0 Å². The summed E-state index contributed by atoms with van der Waals surface area (Å²) in [5, 5.41) is 19.8. The smallest absolute Gasteiger partial charge is 0.0553 e. The molecule has 0 spiro atoms. The lowest BCUT2D eigenvalue weighted by molar-refractivity contribution is 0.0405. The quantitative estimate of drug-likeness (QED) is 0.821. The topological polar surface area (TPSA) is 49.7 Å². The summed E-state index contributed by atoms with van der Waals surface area (Å²) < 4.78 is 5.21. The molecular weight excluding hydrogens is 240 g/mol. The Hall–Kier alpha value is -0.610. The van der Waals surface area contributed by atoms with Gasteiger partial charge in [0, 0.05) is 17.5 Å². The zero-order valence-electron chi connectivity index (χ0n) is 10.2. The normalized spacial score (nSPS) is 13.7. The maximum Gasteiger partial charge on any atom is 0.0553 e. The molecule has 1 unspecified atom stereocenters. The van der Waals surface area contributed by atoms with Gasteiger partial charge in [-0.3, -0.25) is 0 Å². The Morgan fingerprint density at radius 2 is 2.00 bits per heavy atom. The van der Waals surface area contributed by atoms with Gasteiger partial charge in [0.1, 0.15) is 0 Å². The van der Waals surface area contributed by atoms with E-state index in [0.29, 0.717) is 11.4 Å². The minimum absolute atomic E-state index is 0.0479. The Labute approximate surface area is 107 Å². The highest BCUT2D eigenvalue weighted by atomic mass is 35.5. The van der Waals surface area contributed by atoms with Crippen LogP contribution in [0.3, 0.4) is 0 Å². The summed E-state index contributed by atoms with van der Waals surface area (Å²) in [7, 11) is 1.61. The molecule has 0 radical (unpaired) electrons. The number of hydrogen-bond donors (Lipinski definition) is 2. The zero-order chi connectivity index (χ0) is 12.9. The summed E-state index contributed by atoms with van der Waals surface area (Å²) in [4.78, 5) is 0. The summed E-state index contributed by atoms with van der Waals surface area (Å²) in [6, 6.07) is 7.22. The number of halogens is 1. The number of ether oxygens (including phenoxy) is 1. The van der Waals surface area contributed by atoms with Gasteiger partial charge in [0.25, 0.3) is 0 Å². The van der Waals surface area contributed by atoms with Crippen LogP contribution in [-0.2, 0) is 10.2 Å². The molecule has 0 fully saturated rings. The molecule has 17 heavy (non-hydrogen) atoms. The Bertz CT molecular complexity index is 350. The first-order chi connectivity index (χ1) is 8.07. The van der Waals surface area contributed by atoms with E-state index in [1.54, 1.807) is 19.2 Å². The molecule has 3 nitrogen and oxygen atoms in total. The highest BCUT2D eigenvalue weighted by Crippen LogP contribution is 2.31. The molecule has 0 aliphatic rings. The molecule has 0 aromatic heterocycles. The van der Waals surface area contributed by atoms with Gasteiger partial charge >= 0.3 is 0 Å². The van der Waals surface area contributed by atoms with Crippen LogP contribution < -0.4 is 0 Å². The second-order valence-corrected chi connectivity index (χ2v) is 4.79. The van der Waals surface area contributed by atoms with E-state index in [1.165, 1.54) is 0 Å². The summed E-state index contributed by atoms with van der Waals surface area (Å²) in [6.07, 6.45) is 0.491. The lowest BCUT2D eigenvalue weighted by atomic mass is 9.77. The van der Waals surface area contributed by atoms with Gasteiger partial charge in [-0.2, -0.15) is 0 Å². The van der Waals surface area contributed by atoms with Crippen molar-refractivity contribution in [2.75, 3.05) is 20.3 Å². The van der Waals surface area contributed by atoms with Crippen LogP contribution in [-0.4, -0.2) is 36.6 Å². The molecule has 4 heteroatoms. The lowest BCUT2D eigenvalue weighted by Crippen LogP contribution is -2.38. The third-order valence-corrected chi connectivity index (χ3v) is 3.36. The third kappa shape index (κ3) is 3.42. The minimum atomic E-state index is -0.708. The van der Waals surface area contributed by atoms with Gasteiger partial charge in [-0.25, -0.2) is 0 Å². The molecular formula is C13H19ClO3. The molecule has 96 valence electrons. The van der Waals surface area contributed by atoms with Crippen LogP contribution in [0.2, 0.25) is 5.02 Å². The highest BCUT2D eigenvalue weighted by Gasteiger charge is 2.33. The molecule has 1 aromatic rings. The van der Waals surface area contributed by atoms with E-state index in [1.807, 2.05) is 19.1 Å². The van der Waals surface area contributed by atoms with Gasteiger partial charge in [-0.1, -0.05) is 23.7 Å². The van der Waals surface area contributed by atoms with Gasteiger partial charge in [0.05, 0.1) is 19.3 Å². The van der Waals surface area contributed by atoms with Crippen molar-refractivity contribution in [3.05, 3.63) is 34.9 Å². The van der Waals surface area contributed by atoms with E-state index in [9.17, 15) is 10.2 Å². The molecule has 2 N–H and O–H groups in total. The Balaban J connectivity index is 3.06. The molecule has 0 aliphatic heterocycles. The number of rotatable bonds is 6. The number of benzene rings is 1. The van der Waals surface area contributed by atoms with E-state index in [4.69, 9.17) is 16.3 Å². The van der Waals surface area contributed by atoms with Crippen LogP contribution in [0.4, 0.5) is 0 Å². The zero-order valence-corrected chi connectivity index (χ0v) is 10.9. The lowest BCUT2D eigenvalue weighted by Gasteiger charge is -2.32. The Morgan fingerprint density at radius 3 is 2.47 bits per heavy atom. The molecule has 0 heterocycles. The molecule has 0 bridgehead atoms. The maximum atomic E-state index is 9.61. The SMILES string of the molecule is COC(C)CC(CO)(CO)c1cccc(Cl)c1. The maximum absolute atomic E-state index is 9.61. The largest absolute Gasteiger partial charge is 0.395 e. The van der Waals surface area contributed by atoms with E-state index in [0.717, 1.165) is 5.56 Å². The van der Waals surface area contributed by atoms with Gasteiger partial charge in [-0.05, 0) is 31.0 Å². The average Bonchev–Trinajstić information content (AvgIpc) is 2.35. The fraction of sp³-hybridized carbons (Fsp3) is 0.538. The first-order valence-electron chi connectivity index (χ1n) is 5.58. The van der Waals surface area contributed by atoms with Crippen molar-refractivity contribution in [2.24, 2.45) is 0 Å². The van der Waals surface area contributed by atoms with Gasteiger partial charge < -0.3 is 14.9 Å². The van der Waals surface area contributed by atoms with Crippen molar-refractivity contribution < 1.29 is 14.9 Å². The highest BCUT2D eigenvalue weighted by molar-refractivity contribution is 6.30. The molecule has 1 rings (SSSR count). The molecule has 0 aliphatic carbocycles. The van der Waals surface area contributed by atoms with Crippen molar-refractivity contribution >= 4 is 11.6 Å². The number of aliphatic hydroxyl groups excluding tert-OH is 2. The third-order valence-electron chi connectivity index (χ3n) is 3.12. The summed E-state index contributed by atoms with van der Waals surface area (Å²) in [5.41, 5.74) is 0.124. The molecule has 0 saturated carbocycles. The van der Waals surface area contributed by atoms with Crippen molar-refractivity contribution in [1.29, 1.82) is 0 Å². The van der Waals surface area contributed by atoms with Crippen LogP contribution in [0.1, 0.15) is 18.9 Å². The molecule has 0 amide bonds. The van der Waals surface area contributed by atoms with Crippen molar-refractivity contribution in [2.45, 2.75) is 24.9 Å². The number of hydrogen-bond acceptors (Lipinski definition) is 3. The summed E-state index contributed by atoms with van der Waals surface area (Å²) in [6.45, 7) is 1.62. The first-order valence-corrected chi connectivity index (χ1v) is 5.96. The van der Waals surface area contributed by atoms with Crippen molar-refractivity contribution in [3.63, 3.8) is 0 Å². The van der Waals surface area contributed by atoms with E-state index in [2.05, 4.69) is 0 Å². The van der Waals surface area contributed by atoms with E-state index in [-0.39, 0.29) is 19.3 Å². The van der Waals surface area contributed by atoms with E-state index < -0.39 is 5.41 Å². The average molecular weight is 259 g/mol. The first kappa shape index (κ1) is 14.5. The Morgan fingerprint density at radius 1 is 1.35 bits per heavy atom.